The molecule has 0 unspecified atom stereocenters. The molecule has 3 rings (SSSR count). The third kappa shape index (κ3) is 6.35. The maximum absolute atomic E-state index is 12.0. The number of carbonyl (C=O) groups excluding carboxylic acids is 2. The summed E-state index contributed by atoms with van der Waals surface area (Å²) in [4.78, 5) is 23.8. The van der Waals surface area contributed by atoms with Crippen molar-refractivity contribution in [3.05, 3.63) is 89.5 Å². The molecule has 0 saturated carbocycles. The van der Waals surface area contributed by atoms with E-state index in [1.54, 1.807) is 26.2 Å². The summed E-state index contributed by atoms with van der Waals surface area (Å²) in [6.45, 7) is 2.82. The second-order valence-corrected chi connectivity index (χ2v) is 7.07. The van der Waals surface area contributed by atoms with Gasteiger partial charge in [-0.25, -0.2) is 9.59 Å². The maximum atomic E-state index is 12.0. The van der Waals surface area contributed by atoms with Gasteiger partial charge in [0.25, 0.3) is 0 Å². The first-order chi connectivity index (χ1) is 15.6. The number of ether oxygens (including phenoxy) is 3. The van der Waals surface area contributed by atoms with E-state index in [1.807, 2.05) is 60.7 Å². The first kappa shape index (κ1) is 22.9. The quantitative estimate of drug-likeness (QED) is 0.480. The number of hydrogen-bond acceptors (Lipinski definition) is 5. The van der Waals surface area contributed by atoms with Gasteiger partial charge in [-0.05, 0) is 48.2 Å². The second-order valence-electron chi connectivity index (χ2n) is 7.07. The van der Waals surface area contributed by atoms with Crippen LogP contribution in [-0.4, -0.2) is 32.3 Å². The molecule has 0 radical (unpaired) electrons. The minimum absolute atomic E-state index is 0.248. The average Bonchev–Trinajstić information content (AvgIpc) is 2.83. The van der Waals surface area contributed by atoms with Crippen molar-refractivity contribution < 1.29 is 23.8 Å². The number of hydrogen-bond donors (Lipinski definition) is 1. The highest BCUT2D eigenvalue weighted by atomic mass is 16.5. The molecule has 6 nitrogen and oxygen atoms in total. The summed E-state index contributed by atoms with van der Waals surface area (Å²) in [5.41, 5.74) is 4.34. The Morgan fingerprint density at radius 1 is 0.875 bits per heavy atom. The van der Waals surface area contributed by atoms with Crippen molar-refractivity contribution in [2.75, 3.05) is 20.3 Å². The highest BCUT2D eigenvalue weighted by Gasteiger charge is 2.12. The zero-order valence-electron chi connectivity index (χ0n) is 18.3. The second kappa shape index (κ2) is 11.6. The normalized spacial score (nSPS) is 10.3. The van der Waals surface area contributed by atoms with E-state index in [-0.39, 0.29) is 12.6 Å². The van der Waals surface area contributed by atoms with Gasteiger partial charge in [0.05, 0.1) is 19.3 Å². The average molecular weight is 434 g/mol. The van der Waals surface area contributed by atoms with E-state index in [0.29, 0.717) is 30.9 Å². The summed E-state index contributed by atoms with van der Waals surface area (Å²) >= 11 is 0. The molecule has 1 N–H and O–H groups in total. The summed E-state index contributed by atoms with van der Waals surface area (Å²) in [6, 6.07) is 22.8. The lowest BCUT2D eigenvalue weighted by atomic mass is 10.0. The van der Waals surface area contributed by atoms with Gasteiger partial charge in [-0.2, -0.15) is 0 Å². The molecule has 0 bridgehead atoms. The molecule has 0 fully saturated rings. The van der Waals surface area contributed by atoms with Crippen LogP contribution in [0.2, 0.25) is 0 Å². The number of esters is 1. The zero-order chi connectivity index (χ0) is 22.8. The van der Waals surface area contributed by atoms with Crippen LogP contribution < -0.4 is 10.1 Å². The Morgan fingerprint density at radius 2 is 1.62 bits per heavy atom. The smallest absolute Gasteiger partial charge is 0.407 e. The van der Waals surface area contributed by atoms with Crippen LogP contribution in [0.3, 0.4) is 0 Å². The third-order valence-corrected chi connectivity index (χ3v) is 4.87. The molecule has 166 valence electrons. The fraction of sp³-hybridized carbons (Fsp3) is 0.231. The molecule has 0 atom stereocenters. The van der Waals surface area contributed by atoms with E-state index in [1.165, 1.54) is 0 Å². The number of benzene rings is 3. The summed E-state index contributed by atoms with van der Waals surface area (Å²) < 4.78 is 15.7. The third-order valence-electron chi connectivity index (χ3n) is 4.87. The van der Waals surface area contributed by atoms with Crippen LogP contribution in [0.5, 0.6) is 5.75 Å². The largest absolute Gasteiger partial charge is 0.496 e. The van der Waals surface area contributed by atoms with Gasteiger partial charge < -0.3 is 19.5 Å². The first-order valence-corrected chi connectivity index (χ1v) is 10.5. The standard InChI is InChI=1S/C26H27NO5/c1-3-31-25(28)22-13-14-23(24(17-22)30-2)21-11-9-19(10-12-21)15-16-27-26(29)32-18-20-7-5-4-6-8-20/h4-14,17H,3,15-16,18H2,1-2H3,(H,27,29). The lowest BCUT2D eigenvalue weighted by Gasteiger charge is -2.12. The van der Waals surface area contributed by atoms with Crippen molar-refractivity contribution in [3.8, 4) is 16.9 Å². The van der Waals surface area contributed by atoms with Crippen LogP contribution in [0.25, 0.3) is 11.1 Å². The fourth-order valence-corrected chi connectivity index (χ4v) is 3.21. The van der Waals surface area contributed by atoms with E-state index >= 15 is 0 Å². The van der Waals surface area contributed by atoms with Crippen LogP contribution in [-0.2, 0) is 22.5 Å². The highest BCUT2D eigenvalue weighted by molar-refractivity contribution is 5.91. The molecular formula is C26H27NO5. The minimum atomic E-state index is -0.433. The van der Waals surface area contributed by atoms with E-state index in [0.717, 1.165) is 22.3 Å². The minimum Gasteiger partial charge on any atom is -0.496 e. The van der Waals surface area contributed by atoms with Gasteiger partial charge in [0.1, 0.15) is 12.4 Å². The molecule has 0 aliphatic rings. The van der Waals surface area contributed by atoms with Gasteiger partial charge in [0.15, 0.2) is 0 Å². The van der Waals surface area contributed by atoms with Crippen molar-refractivity contribution in [1.29, 1.82) is 0 Å². The van der Waals surface area contributed by atoms with E-state index < -0.39 is 6.09 Å². The van der Waals surface area contributed by atoms with Gasteiger partial charge in [-0.1, -0.05) is 54.6 Å². The van der Waals surface area contributed by atoms with E-state index in [9.17, 15) is 9.59 Å². The monoisotopic (exact) mass is 433 g/mol. The number of alkyl carbamates (subject to hydrolysis) is 1. The SMILES string of the molecule is CCOC(=O)c1ccc(-c2ccc(CCNC(=O)OCc3ccccc3)cc2)c(OC)c1. The molecule has 0 aromatic heterocycles. The lowest BCUT2D eigenvalue weighted by molar-refractivity contribution is 0.0526. The number of amides is 1. The van der Waals surface area contributed by atoms with Crippen LogP contribution >= 0.6 is 0 Å². The lowest BCUT2D eigenvalue weighted by Crippen LogP contribution is -2.26. The van der Waals surface area contributed by atoms with Gasteiger partial charge in [0, 0.05) is 12.1 Å². The van der Waals surface area contributed by atoms with Gasteiger partial charge in [0.2, 0.25) is 0 Å². The molecule has 0 aliphatic carbocycles. The molecule has 3 aromatic rings. The topological polar surface area (TPSA) is 73.9 Å². The van der Waals surface area contributed by atoms with Crippen LogP contribution in [0.1, 0.15) is 28.4 Å². The Hall–Kier alpha value is -3.80. The van der Waals surface area contributed by atoms with Crippen LogP contribution in [0.15, 0.2) is 72.8 Å². The van der Waals surface area contributed by atoms with Crippen molar-refractivity contribution in [1.82, 2.24) is 5.32 Å². The molecule has 3 aromatic carbocycles. The fourth-order valence-electron chi connectivity index (χ4n) is 3.21. The predicted molar refractivity (Wildman–Crippen MR) is 123 cm³/mol. The molecule has 1 amide bonds. The molecule has 0 heterocycles. The zero-order valence-corrected chi connectivity index (χ0v) is 18.3. The summed E-state index contributed by atoms with van der Waals surface area (Å²) in [7, 11) is 1.57. The molecule has 6 heteroatoms. The van der Waals surface area contributed by atoms with E-state index in [4.69, 9.17) is 14.2 Å². The van der Waals surface area contributed by atoms with Crippen molar-refractivity contribution in [2.45, 2.75) is 20.0 Å². The summed E-state index contributed by atoms with van der Waals surface area (Å²) in [5, 5.41) is 2.77. The molecular weight excluding hydrogens is 406 g/mol. The Bertz CT molecular complexity index is 1030. The van der Waals surface area contributed by atoms with Crippen molar-refractivity contribution in [3.63, 3.8) is 0 Å². The number of nitrogens with one attached hydrogen (secondary N) is 1. The number of carbonyl (C=O) groups is 2. The Morgan fingerprint density at radius 3 is 2.31 bits per heavy atom. The van der Waals surface area contributed by atoms with Crippen LogP contribution in [0.4, 0.5) is 4.79 Å². The predicted octanol–water partition coefficient (Wildman–Crippen LogP) is 5.01. The first-order valence-electron chi connectivity index (χ1n) is 10.5. The molecule has 0 spiro atoms. The van der Waals surface area contributed by atoms with Gasteiger partial charge >= 0.3 is 12.1 Å². The maximum Gasteiger partial charge on any atom is 0.407 e. The van der Waals surface area contributed by atoms with Gasteiger partial charge in [-0.15, -0.1) is 0 Å². The Balaban J connectivity index is 1.53. The number of methoxy groups -OCH3 is 1. The molecule has 0 aliphatic heterocycles. The van der Waals surface area contributed by atoms with Crippen molar-refractivity contribution >= 4 is 12.1 Å². The number of rotatable bonds is 9. The van der Waals surface area contributed by atoms with Crippen LogP contribution in [0, 0.1) is 0 Å². The molecule has 0 saturated heterocycles. The molecule has 32 heavy (non-hydrogen) atoms. The summed E-state index contributed by atoms with van der Waals surface area (Å²) in [6.07, 6.45) is 0.247. The van der Waals surface area contributed by atoms with E-state index in [2.05, 4.69) is 5.32 Å². The Labute approximate surface area is 188 Å². The van der Waals surface area contributed by atoms with Gasteiger partial charge in [-0.3, -0.25) is 0 Å². The van der Waals surface area contributed by atoms with Crippen molar-refractivity contribution in [2.24, 2.45) is 0 Å². The highest BCUT2D eigenvalue weighted by Crippen LogP contribution is 2.31. The summed E-state index contributed by atoms with van der Waals surface area (Å²) in [5.74, 6) is 0.230. The Kier molecular flexibility index (Phi) is 8.26.